The van der Waals surface area contributed by atoms with Crippen LogP contribution in [0.5, 0.6) is 11.5 Å². The first-order valence-electron chi connectivity index (χ1n) is 11.4. The summed E-state index contributed by atoms with van der Waals surface area (Å²) in [6.45, 7) is 4.08. The predicted octanol–water partition coefficient (Wildman–Crippen LogP) is 6.39. The molecule has 3 aromatic carbocycles. The lowest BCUT2D eigenvalue weighted by molar-refractivity contribution is -0.147. The molecule has 3 N–H and O–H groups in total. The van der Waals surface area contributed by atoms with E-state index in [0.717, 1.165) is 29.8 Å². The molecule has 1 saturated carbocycles. The maximum atomic E-state index is 12.6. The van der Waals surface area contributed by atoms with Gasteiger partial charge in [-0.05, 0) is 66.9 Å². The van der Waals surface area contributed by atoms with Crippen molar-refractivity contribution in [1.29, 1.82) is 0 Å². The second-order valence-corrected chi connectivity index (χ2v) is 8.45. The molecule has 0 aliphatic heterocycles. The summed E-state index contributed by atoms with van der Waals surface area (Å²) in [5.41, 5.74) is 3.36. The number of aliphatic carboxylic acids is 1. The molecule has 1 aliphatic carbocycles. The number of amides is 1. The van der Waals surface area contributed by atoms with Crippen LogP contribution in [0.2, 0.25) is 0 Å². The average molecular weight is 457 g/mol. The van der Waals surface area contributed by atoms with Gasteiger partial charge in [-0.1, -0.05) is 49.8 Å². The van der Waals surface area contributed by atoms with Gasteiger partial charge in [-0.3, -0.25) is 9.59 Å². The van der Waals surface area contributed by atoms with Crippen molar-refractivity contribution in [3.63, 3.8) is 0 Å². The molecule has 34 heavy (non-hydrogen) atoms. The molecule has 1 amide bonds. The van der Waals surface area contributed by atoms with Gasteiger partial charge in [0.25, 0.3) is 0 Å². The second kappa shape index (κ2) is 10.7. The molecule has 0 heterocycles. The fourth-order valence-electron chi connectivity index (χ4n) is 4.21. The Hall–Kier alpha value is -4.06. The Morgan fingerprint density at radius 3 is 1.85 bits per heavy atom. The molecule has 1 aliphatic rings. The van der Waals surface area contributed by atoms with Gasteiger partial charge in [-0.25, -0.2) is 0 Å². The number of nitrogens with one attached hydrogen (secondary N) is 2. The number of benzene rings is 3. The van der Waals surface area contributed by atoms with Crippen LogP contribution in [0, 0.1) is 11.8 Å². The summed E-state index contributed by atoms with van der Waals surface area (Å²) in [5, 5.41) is 15.5. The fourth-order valence-corrected chi connectivity index (χ4v) is 4.21. The standard InChI is InChI=1S/C28H28N2O4/c1-19(20-7-3-2-4-8-20)29-21-11-15-23(16-12-21)34-24-17-13-22(14-18-24)30-27(31)25-9-5-6-10-26(25)28(32)33/h2-4,7-8,11-18,25-26,29H,1,5-6,9-10H2,(H,30,31)(H,32,33)/t25-,26+/m0/s1. The summed E-state index contributed by atoms with van der Waals surface area (Å²) in [6.07, 6.45) is 2.89. The largest absolute Gasteiger partial charge is 0.481 e. The highest BCUT2D eigenvalue weighted by molar-refractivity contribution is 5.95. The van der Waals surface area contributed by atoms with Gasteiger partial charge in [0.05, 0.1) is 11.8 Å². The van der Waals surface area contributed by atoms with E-state index in [-0.39, 0.29) is 5.91 Å². The lowest BCUT2D eigenvalue weighted by Crippen LogP contribution is -2.36. The highest BCUT2D eigenvalue weighted by Gasteiger charge is 2.35. The van der Waals surface area contributed by atoms with Crippen LogP contribution in [0.15, 0.2) is 85.4 Å². The summed E-state index contributed by atoms with van der Waals surface area (Å²) in [7, 11) is 0. The maximum absolute atomic E-state index is 12.6. The Labute approximate surface area is 199 Å². The third kappa shape index (κ3) is 5.84. The molecule has 1 fully saturated rings. The smallest absolute Gasteiger partial charge is 0.307 e. The van der Waals surface area contributed by atoms with Crippen molar-refractivity contribution >= 4 is 28.9 Å². The van der Waals surface area contributed by atoms with Crippen molar-refractivity contribution in [2.24, 2.45) is 11.8 Å². The van der Waals surface area contributed by atoms with Gasteiger partial charge in [0.2, 0.25) is 5.91 Å². The van der Waals surface area contributed by atoms with Crippen molar-refractivity contribution in [2.45, 2.75) is 25.7 Å². The van der Waals surface area contributed by atoms with Crippen LogP contribution >= 0.6 is 0 Å². The number of hydrogen-bond donors (Lipinski definition) is 3. The molecule has 0 radical (unpaired) electrons. The van der Waals surface area contributed by atoms with Crippen LogP contribution < -0.4 is 15.4 Å². The summed E-state index contributed by atoms with van der Waals surface area (Å²) in [6, 6.07) is 24.5. The molecule has 2 atom stereocenters. The van der Waals surface area contributed by atoms with E-state index >= 15 is 0 Å². The van der Waals surface area contributed by atoms with Crippen LogP contribution in [0.3, 0.4) is 0 Å². The Morgan fingerprint density at radius 1 is 0.765 bits per heavy atom. The number of carbonyl (C=O) groups is 2. The SMILES string of the molecule is C=C(Nc1ccc(Oc2ccc(NC(=O)[C@H]3CCCC[C@H]3C(=O)O)cc2)cc1)c1ccccc1. The van der Waals surface area contributed by atoms with Gasteiger partial charge in [-0.15, -0.1) is 0 Å². The number of carboxylic acid groups (broad SMARTS) is 1. The first kappa shape index (κ1) is 23.1. The zero-order valence-electron chi connectivity index (χ0n) is 18.9. The molecule has 0 spiro atoms. The van der Waals surface area contributed by atoms with E-state index in [2.05, 4.69) is 17.2 Å². The zero-order valence-corrected chi connectivity index (χ0v) is 18.9. The minimum Gasteiger partial charge on any atom is -0.481 e. The van der Waals surface area contributed by atoms with Crippen LogP contribution in [0.1, 0.15) is 31.2 Å². The Balaban J connectivity index is 1.32. The molecule has 4 rings (SSSR count). The van der Waals surface area contributed by atoms with Crippen LogP contribution in [-0.4, -0.2) is 17.0 Å². The minimum atomic E-state index is -0.894. The van der Waals surface area contributed by atoms with Crippen molar-refractivity contribution in [1.82, 2.24) is 0 Å². The van der Waals surface area contributed by atoms with E-state index in [0.29, 0.717) is 30.0 Å². The molecule has 6 heteroatoms. The fraction of sp³-hybridized carbons (Fsp3) is 0.214. The molecule has 174 valence electrons. The van der Waals surface area contributed by atoms with E-state index in [1.54, 1.807) is 24.3 Å². The Kier molecular flexibility index (Phi) is 7.28. The molecule has 0 saturated heterocycles. The van der Waals surface area contributed by atoms with Gasteiger partial charge in [0.1, 0.15) is 11.5 Å². The third-order valence-electron chi connectivity index (χ3n) is 6.05. The van der Waals surface area contributed by atoms with Crippen LogP contribution in [-0.2, 0) is 9.59 Å². The quantitative estimate of drug-likeness (QED) is 0.365. The molecule has 0 bridgehead atoms. The van der Waals surface area contributed by atoms with Crippen LogP contribution in [0.25, 0.3) is 5.70 Å². The first-order valence-corrected chi connectivity index (χ1v) is 11.4. The van der Waals surface area contributed by atoms with E-state index in [1.165, 1.54) is 0 Å². The number of anilines is 2. The van der Waals surface area contributed by atoms with E-state index in [1.807, 2.05) is 54.6 Å². The van der Waals surface area contributed by atoms with Crippen molar-refractivity contribution in [2.75, 3.05) is 10.6 Å². The van der Waals surface area contributed by atoms with Crippen molar-refractivity contribution < 1.29 is 19.4 Å². The number of carbonyl (C=O) groups excluding carboxylic acids is 1. The number of hydrogen-bond acceptors (Lipinski definition) is 4. The Bertz CT molecular complexity index is 1140. The van der Waals surface area contributed by atoms with Gasteiger partial charge >= 0.3 is 5.97 Å². The highest BCUT2D eigenvalue weighted by Crippen LogP contribution is 2.32. The van der Waals surface area contributed by atoms with Gasteiger partial charge in [0.15, 0.2) is 0 Å². The summed E-state index contributed by atoms with van der Waals surface area (Å²) < 4.78 is 5.91. The number of carboxylic acids is 1. The Morgan fingerprint density at radius 2 is 1.29 bits per heavy atom. The average Bonchev–Trinajstić information content (AvgIpc) is 2.87. The molecular weight excluding hydrogens is 428 g/mol. The number of ether oxygens (including phenoxy) is 1. The van der Waals surface area contributed by atoms with E-state index < -0.39 is 17.8 Å². The minimum absolute atomic E-state index is 0.235. The topological polar surface area (TPSA) is 87.7 Å². The predicted molar refractivity (Wildman–Crippen MR) is 134 cm³/mol. The van der Waals surface area contributed by atoms with Gasteiger partial charge < -0.3 is 20.5 Å². The van der Waals surface area contributed by atoms with Crippen molar-refractivity contribution in [3.05, 3.63) is 91.0 Å². The lowest BCUT2D eigenvalue weighted by Gasteiger charge is -2.27. The summed E-state index contributed by atoms with van der Waals surface area (Å²) in [4.78, 5) is 24.1. The highest BCUT2D eigenvalue weighted by atomic mass is 16.5. The summed E-state index contributed by atoms with van der Waals surface area (Å²) in [5.74, 6) is -0.922. The normalized spacial score (nSPS) is 17.4. The lowest BCUT2D eigenvalue weighted by atomic mass is 9.78. The second-order valence-electron chi connectivity index (χ2n) is 8.45. The molecule has 3 aromatic rings. The third-order valence-corrected chi connectivity index (χ3v) is 6.05. The van der Waals surface area contributed by atoms with E-state index in [4.69, 9.17) is 4.74 Å². The first-order chi connectivity index (χ1) is 16.5. The van der Waals surface area contributed by atoms with Crippen LogP contribution in [0.4, 0.5) is 11.4 Å². The molecular formula is C28H28N2O4. The summed E-state index contributed by atoms with van der Waals surface area (Å²) >= 11 is 0. The number of rotatable bonds is 8. The monoisotopic (exact) mass is 456 g/mol. The molecule has 0 unspecified atom stereocenters. The van der Waals surface area contributed by atoms with Gasteiger partial charge in [0, 0.05) is 17.1 Å². The zero-order chi connectivity index (χ0) is 23.9. The molecule has 6 nitrogen and oxygen atoms in total. The van der Waals surface area contributed by atoms with Gasteiger partial charge in [-0.2, -0.15) is 0 Å². The van der Waals surface area contributed by atoms with Crippen molar-refractivity contribution in [3.8, 4) is 11.5 Å². The molecule has 0 aromatic heterocycles. The maximum Gasteiger partial charge on any atom is 0.307 e. The van der Waals surface area contributed by atoms with E-state index in [9.17, 15) is 14.7 Å².